The molecule has 0 unspecified atom stereocenters. The van der Waals surface area contributed by atoms with Crippen LogP contribution in [0, 0.1) is 0 Å². The van der Waals surface area contributed by atoms with Crippen LogP contribution in [0.3, 0.4) is 0 Å². The van der Waals surface area contributed by atoms with Crippen molar-refractivity contribution < 1.29 is 65.8 Å². The molecule has 0 atom stereocenters. The third-order valence-electron chi connectivity index (χ3n) is 2.02. The molecule has 0 bridgehead atoms. The van der Waals surface area contributed by atoms with Crippen molar-refractivity contribution in [3.05, 3.63) is 42.5 Å². The molecule has 0 heterocycles. The minimum Gasteiger partial charge on any atom is -1.00 e. The molecule has 0 saturated heterocycles. The van der Waals surface area contributed by atoms with Crippen LogP contribution in [0.4, 0.5) is 0 Å². The molecular weight excluding hydrogens is 239 g/mol. The molecule has 0 spiro atoms. The normalized spacial score (nSPS) is 11.0. The van der Waals surface area contributed by atoms with Gasteiger partial charge >= 0.3 is 51.4 Å². The minimum atomic E-state index is -4.09. The summed E-state index contributed by atoms with van der Waals surface area (Å²) in [4.78, 5) is -0.0730. The third-order valence-corrected chi connectivity index (χ3v) is 2.87. The predicted octanol–water partition coefficient (Wildman–Crippen LogP) is -0.797. The van der Waals surface area contributed by atoms with E-state index in [1.54, 1.807) is 12.1 Å². The van der Waals surface area contributed by atoms with Gasteiger partial charge in [0.05, 0.1) is 4.90 Å². The Bertz CT molecular complexity index is 583. The maximum atomic E-state index is 10.8. The van der Waals surface area contributed by atoms with Crippen LogP contribution in [-0.2, 0) is 10.1 Å². The van der Waals surface area contributed by atoms with Crippen LogP contribution in [0.2, 0.25) is 0 Å². The van der Waals surface area contributed by atoms with Crippen LogP contribution in [0.5, 0.6) is 0 Å². The second-order valence-electron chi connectivity index (χ2n) is 2.98. The van der Waals surface area contributed by atoms with Crippen molar-refractivity contribution in [2.24, 2.45) is 0 Å². The number of rotatable bonds is 1. The van der Waals surface area contributed by atoms with E-state index in [2.05, 4.69) is 0 Å². The molecule has 5 heteroatoms. The Morgan fingerprint density at radius 1 is 1.00 bits per heavy atom. The van der Waals surface area contributed by atoms with Crippen molar-refractivity contribution in [2.45, 2.75) is 4.90 Å². The second-order valence-corrected chi connectivity index (χ2v) is 4.41. The van der Waals surface area contributed by atoms with Gasteiger partial charge in [-0.1, -0.05) is 30.3 Å². The molecule has 0 radical (unpaired) electrons. The summed E-state index contributed by atoms with van der Waals surface area (Å²) < 4.78 is 30.5. The van der Waals surface area contributed by atoms with E-state index in [-0.39, 0.29) is 57.7 Å². The topological polar surface area (TPSA) is 54.4 Å². The molecule has 2 rings (SSSR count). The number of hydrogen-bond donors (Lipinski definition) is 1. The minimum absolute atomic E-state index is 0. The molecule has 0 aromatic heterocycles. The summed E-state index contributed by atoms with van der Waals surface area (Å²) in [6.07, 6.45) is 0. The molecule has 0 saturated carbocycles. The molecule has 0 aliphatic carbocycles. The van der Waals surface area contributed by atoms with E-state index in [4.69, 9.17) is 4.55 Å². The number of benzene rings is 2. The summed E-state index contributed by atoms with van der Waals surface area (Å²) in [5.74, 6) is 0. The van der Waals surface area contributed by atoms with E-state index in [1.807, 2.05) is 18.2 Å². The zero-order valence-electron chi connectivity index (χ0n) is 9.21. The Morgan fingerprint density at radius 3 is 2.20 bits per heavy atom. The van der Waals surface area contributed by atoms with E-state index in [9.17, 15) is 8.42 Å². The van der Waals surface area contributed by atoms with Crippen molar-refractivity contribution >= 4 is 20.9 Å². The van der Waals surface area contributed by atoms with E-state index >= 15 is 0 Å². The van der Waals surface area contributed by atoms with Gasteiger partial charge in [0.2, 0.25) is 0 Å². The van der Waals surface area contributed by atoms with Gasteiger partial charge in [-0.25, -0.2) is 0 Å². The van der Waals surface area contributed by atoms with Crippen molar-refractivity contribution in [2.75, 3.05) is 0 Å². The summed E-state index contributed by atoms with van der Waals surface area (Å²) in [6, 6.07) is 11.9. The molecule has 2 aromatic rings. The van der Waals surface area contributed by atoms with Crippen LogP contribution >= 0.6 is 0 Å². The maximum absolute atomic E-state index is 10.8. The molecule has 0 fully saturated rings. The Morgan fingerprint density at radius 2 is 1.60 bits per heavy atom. The van der Waals surface area contributed by atoms with Crippen LogP contribution in [0.1, 0.15) is 1.43 Å². The van der Waals surface area contributed by atoms with Crippen molar-refractivity contribution in [3.8, 4) is 0 Å². The summed E-state index contributed by atoms with van der Waals surface area (Å²) in [7, 11) is -4.09. The largest absolute Gasteiger partial charge is 1.00 e. The quantitative estimate of drug-likeness (QED) is 0.531. The summed E-state index contributed by atoms with van der Waals surface area (Å²) in [5, 5.41) is 1.74. The first-order valence-corrected chi connectivity index (χ1v) is 5.48. The van der Waals surface area contributed by atoms with Gasteiger partial charge < -0.3 is 1.43 Å². The molecule has 0 amide bonds. The Labute approximate surface area is 132 Å². The molecule has 1 N–H and O–H groups in total. The van der Waals surface area contributed by atoms with E-state index in [0.29, 0.717) is 0 Å². The van der Waals surface area contributed by atoms with Gasteiger partial charge in [-0.3, -0.25) is 4.55 Å². The zero-order chi connectivity index (χ0) is 10.2. The van der Waals surface area contributed by atoms with Gasteiger partial charge in [0, 0.05) is 0 Å². The van der Waals surface area contributed by atoms with Crippen LogP contribution in [0.25, 0.3) is 10.8 Å². The number of hydrogen-bond acceptors (Lipinski definition) is 2. The van der Waals surface area contributed by atoms with Crippen LogP contribution in [0.15, 0.2) is 47.4 Å². The third kappa shape index (κ3) is 3.10. The molecular formula is C10H9KO3S. The Balaban J connectivity index is 0.00000112. The van der Waals surface area contributed by atoms with Gasteiger partial charge in [-0.05, 0) is 22.9 Å². The zero-order valence-corrected chi connectivity index (χ0v) is 12.2. The number of fused-ring (bicyclic) bond motifs is 1. The standard InChI is InChI=1S/C10H8O3S.K.H/c11-14(12,13)10-6-5-8-3-1-2-4-9(8)7-10;;/h1-7H,(H,11,12,13);;/q;+1;-1. The van der Waals surface area contributed by atoms with Crippen molar-refractivity contribution in [1.29, 1.82) is 0 Å². The fraction of sp³-hybridized carbons (Fsp3) is 0. The second kappa shape index (κ2) is 5.05. The Hall–Kier alpha value is 0.246. The molecule has 2 aromatic carbocycles. The van der Waals surface area contributed by atoms with Gasteiger partial charge in [-0.2, -0.15) is 8.42 Å². The fourth-order valence-corrected chi connectivity index (χ4v) is 1.84. The van der Waals surface area contributed by atoms with Crippen LogP contribution in [-0.4, -0.2) is 13.0 Å². The average molecular weight is 248 g/mol. The Kier molecular flexibility index (Phi) is 4.48. The van der Waals surface area contributed by atoms with Gasteiger partial charge in [0.1, 0.15) is 0 Å². The molecule has 0 aliphatic rings. The van der Waals surface area contributed by atoms with E-state index in [1.165, 1.54) is 12.1 Å². The summed E-state index contributed by atoms with van der Waals surface area (Å²) in [6.45, 7) is 0. The molecule has 15 heavy (non-hydrogen) atoms. The van der Waals surface area contributed by atoms with E-state index < -0.39 is 10.1 Å². The maximum Gasteiger partial charge on any atom is 1.00 e. The first-order chi connectivity index (χ1) is 6.57. The predicted molar refractivity (Wildman–Crippen MR) is 54.9 cm³/mol. The average Bonchev–Trinajstić information content (AvgIpc) is 2.16. The van der Waals surface area contributed by atoms with Gasteiger partial charge in [0.15, 0.2) is 0 Å². The van der Waals surface area contributed by atoms with Crippen molar-refractivity contribution in [3.63, 3.8) is 0 Å². The van der Waals surface area contributed by atoms with Gasteiger partial charge in [0.25, 0.3) is 10.1 Å². The smallest absolute Gasteiger partial charge is 1.00 e. The van der Waals surface area contributed by atoms with Crippen molar-refractivity contribution in [1.82, 2.24) is 0 Å². The first kappa shape index (κ1) is 13.3. The van der Waals surface area contributed by atoms with Crippen LogP contribution < -0.4 is 51.4 Å². The van der Waals surface area contributed by atoms with Gasteiger partial charge in [-0.15, -0.1) is 0 Å². The SMILES string of the molecule is O=S(=O)(O)c1ccc2ccccc2c1.[H-].[K+]. The molecule has 0 aliphatic heterocycles. The fourth-order valence-electron chi connectivity index (χ4n) is 1.33. The molecule has 74 valence electrons. The summed E-state index contributed by atoms with van der Waals surface area (Å²) >= 11 is 0. The first-order valence-electron chi connectivity index (χ1n) is 4.04. The summed E-state index contributed by atoms with van der Waals surface area (Å²) in [5.41, 5.74) is 0. The molecule has 3 nitrogen and oxygen atoms in total. The monoisotopic (exact) mass is 248 g/mol. The van der Waals surface area contributed by atoms with E-state index in [0.717, 1.165) is 10.8 Å².